The molecule has 9 nitrogen and oxygen atoms in total. The highest BCUT2D eigenvalue weighted by Gasteiger charge is 2.22. The number of ether oxygens (including phenoxy) is 1. The highest BCUT2D eigenvalue weighted by molar-refractivity contribution is 9.10. The van der Waals surface area contributed by atoms with Crippen molar-refractivity contribution in [3.63, 3.8) is 0 Å². The zero-order valence-corrected chi connectivity index (χ0v) is 22.0. The number of sulfonamides is 1. The van der Waals surface area contributed by atoms with E-state index in [0.717, 1.165) is 16.1 Å². The average molecular weight is 573 g/mol. The summed E-state index contributed by atoms with van der Waals surface area (Å²) < 4.78 is 31.4. The lowest BCUT2D eigenvalue weighted by Crippen LogP contribution is -2.39. The molecule has 0 fully saturated rings. The number of halogens is 1. The van der Waals surface area contributed by atoms with Gasteiger partial charge in [0.25, 0.3) is 11.8 Å². The molecule has 2 amide bonds. The van der Waals surface area contributed by atoms with Gasteiger partial charge in [-0.2, -0.15) is 5.10 Å². The van der Waals surface area contributed by atoms with Crippen molar-refractivity contribution in [2.24, 2.45) is 5.10 Å². The number of carbonyl (C=O) groups excluding carboxylic acids is 2. The van der Waals surface area contributed by atoms with E-state index < -0.39 is 22.5 Å². The van der Waals surface area contributed by atoms with Crippen LogP contribution in [0.5, 0.6) is 5.75 Å². The van der Waals surface area contributed by atoms with E-state index in [9.17, 15) is 18.0 Å². The minimum atomic E-state index is -3.70. The molecule has 0 bridgehead atoms. The summed E-state index contributed by atoms with van der Waals surface area (Å²) in [4.78, 5) is 24.4. The van der Waals surface area contributed by atoms with Crippen LogP contribution in [0.2, 0.25) is 0 Å². The van der Waals surface area contributed by atoms with E-state index in [2.05, 4.69) is 31.8 Å². The van der Waals surface area contributed by atoms with Gasteiger partial charge in [0.2, 0.25) is 10.0 Å². The molecule has 36 heavy (non-hydrogen) atoms. The Morgan fingerprint density at radius 2 is 1.67 bits per heavy atom. The summed E-state index contributed by atoms with van der Waals surface area (Å²) in [6, 6.07) is 20.9. The third kappa shape index (κ3) is 8.21. The lowest BCUT2D eigenvalue weighted by Gasteiger charge is -2.22. The van der Waals surface area contributed by atoms with E-state index in [0.29, 0.717) is 27.2 Å². The number of hydrogen-bond donors (Lipinski definition) is 2. The molecule has 2 N–H and O–H groups in total. The van der Waals surface area contributed by atoms with E-state index in [1.165, 1.54) is 6.21 Å². The van der Waals surface area contributed by atoms with Crippen LogP contribution >= 0.6 is 15.9 Å². The van der Waals surface area contributed by atoms with Gasteiger partial charge in [0.15, 0.2) is 6.61 Å². The predicted molar refractivity (Wildman–Crippen MR) is 144 cm³/mol. The number of hydrazone groups is 1. The Kier molecular flexibility index (Phi) is 9.20. The number of nitrogens with one attached hydrogen (secondary N) is 2. The maximum absolute atomic E-state index is 12.3. The Balaban J connectivity index is 1.50. The quantitative estimate of drug-likeness (QED) is 0.284. The van der Waals surface area contributed by atoms with Crippen molar-refractivity contribution in [1.82, 2.24) is 5.43 Å². The van der Waals surface area contributed by atoms with Gasteiger partial charge in [-0.15, -0.1) is 0 Å². The number of amides is 2. The SMILES string of the molecule is Cc1ccc(NC(=O)COc2ccc(/C=N/NC(=O)CN(c3ccccc3Br)S(C)(=O)=O)cc2)cc1. The molecular formula is C25H25BrN4O5S. The van der Waals surface area contributed by atoms with E-state index >= 15 is 0 Å². The van der Waals surface area contributed by atoms with Gasteiger partial charge >= 0.3 is 0 Å². The first kappa shape index (κ1) is 26.9. The fraction of sp³-hybridized carbons (Fsp3) is 0.160. The zero-order chi connectivity index (χ0) is 26.1. The van der Waals surface area contributed by atoms with Crippen LogP contribution in [0.15, 0.2) is 82.4 Å². The molecule has 0 saturated carbocycles. The lowest BCUT2D eigenvalue weighted by molar-refractivity contribution is -0.119. The smallest absolute Gasteiger partial charge is 0.262 e. The third-order valence-corrected chi connectivity index (χ3v) is 6.59. The molecule has 188 valence electrons. The largest absolute Gasteiger partial charge is 0.484 e. The molecule has 0 spiro atoms. The lowest BCUT2D eigenvalue weighted by atomic mass is 10.2. The molecule has 0 aliphatic carbocycles. The van der Waals surface area contributed by atoms with Crippen molar-refractivity contribution in [3.05, 3.63) is 88.4 Å². The van der Waals surface area contributed by atoms with Crippen LogP contribution in [0.1, 0.15) is 11.1 Å². The van der Waals surface area contributed by atoms with Crippen LogP contribution in [0.25, 0.3) is 0 Å². The minimum absolute atomic E-state index is 0.147. The number of aryl methyl sites for hydroxylation is 1. The number of para-hydroxylation sites is 1. The second kappa shape index (κ2) is 12.3. The third-order valence-electron chi connectivity index (χ3n) is 4.80. The van der Waals surface area contributed by atoms with Crippen LogP contribution in [0.4, 0.5) is 11.4 Å². The number of hydrogen-bond acceptors (Lipinski definition) is 6. The Hall–Kier alpha value is -3.70. The van der Waals surface area contributed by atoms with Crippen LogP contribution in [-0.2, 0) is 19.6 Å². The van der Waals surface area contributed by atoms with E-state index in [1.54, 1.807) is 48.5 Å². The van der Waals surface area contributed by atoms with Crippen molar-refractivity contribution in [1.29, 1.82) is 0 Å². The summed E-state index contributed by atoms with van der Waals surface area (Å²) in [6.45, 7) is 1.39. The van der Waals surface area contributed by atoms with Gasteiger partial charge in [0.05, 0.1) is 18.2 Å². The van der Waals surface area contributed by atoms with Crippen LogP contribution in [0, 0.1) is 6.92 Å². The molecule has 3 rings (SSSR count). The van der Waals surface area contributed by atoms with Gasteiger partial charge in [-0.25, -0.2) is 13.8 Å². The topological polar surface area (TPSA) is 117 Å². The van der Waals surface area contributed by atoms with Gasteiger partial charge < -0.3 is 10.1 Å². The van der Waals surface area contributed by atoms with Crippen molar-refractivity contribution in [3.8, 4) is 5.75 Å². The van der Waals surface area contributed by atoms with Crippen molar-refractivity contribution < 1.29 is 22.7 Å². The summed E-state index contributed by atoms with van der Waals surface area (Å²) >= 11 is 3.30. The summed E-state index contributed by atoms with van der Waals surface area (Å²) in [7, 11) is -3.70. The molecule has 0 aromatic heterocycles. The maximum atomic E-state index is 12.3. The first-order chi connectivity index (χ1) is 17.1. The number of benzene rings is 3. The van der Waals surface area contributed by atoms with Crippen LogP contribution in [0.3, 0.4) is 0 Å². The first-order valence-electron chi connectivity index (χ1n) is 10.8. The average Bonchev–Trinajstić information content (AvgIpc) is 2.83. The Morgan fingerprint density at radius 1 is 1.00 bits per heavy atom. The van der Waals surface area contributed by atoms with Crippen molar-refractivity contribution in [2.45, 2.75) is 6.92 Å². The molecule has 11 heteroatoms. The van der Waals surface area contributed by atoms with Gasteiger partial charge in [0, 0.05) is 10.2 Å². The molecule has 0 atom stereocenters. The summed E-state index contributed by atoms with van der Waals surface area (Å²) in [6.07, 6.45) is 2.44. The van der Waals surface area contributed by atoms with Crippen molar-refractivity contribution in [2.75, 3.05) is 29.0 Å². The highest BCUT2D eigenvalue weighted by Crippen LogP contribution is 2.27. The van der Waals surface area contributed by atoms with Gasteiger partial charge in [-0.05, 0) is 76.9 Å². The fourth-order valence-corrected chi connectivity index (χ4v) is 4.50. The summed E-state index contributed by atoms with van der Waals surface area (Å²) in [5.41, 5.74) is 5.14. The van der Waals surface area contributed by atoms with Gasteiger partial charge in [-0.1, -0.05) is 29.8 Å². The number of carbonyl (C=O) groups is 2. The highest BCUT2D eigenvalue weighted by atomic mass is 79.9. The molecular weight excluding hydrogens is 548 g/mol. The van der Waals surface area contributed by atoms with Crippen LogP contribution < -0.4 is 19.8 Å². The molecule has 0 aliphatic heterocycles. The molecule has 3 aromatic rings. The Morgan fingerprint density at radius 3 is 2.31 bits per heavy atom. The predicted octanol–water partition coefficient (Wildman–Crippen LogP) is 3.69. The van der Waals surface area contributed by atoms with Gasteiger partial charge in [-0.3, -0.25) is 13.9 Å². The van der Waals surface area contributed by atoms with E-state index in [-0.39, 0.29) is 12.5 Å². The molecule has 0 heterocycles. The number of rotatable bonds is 10. The molecule has 0 saturated heterocycles. The summed E-state index contributed by atoms with van der Waals surface area (Å²) in [5, 5.41) is 6.64. The Labute approximate surface area is 218 Å². The first-order valence-corrected chi connectivity index (χ1v) is 13.4. The second-order valence-corrected chi connectivity index (χ2v) is 10.5. The normalized spacial score (nSPS) is 11.2. The molecule has 3 aromatic carbocycles. The number of nitrogens with zero attached hydrogens (tertiary/aromatic N) is 2. The minimum Gasteiger partial charge on any atom is -0.484 e. The van der Waals surface area contributed by atoms with Crippen molar-refractivity contribution >= 4 is 55.4 Å². The molecule has 0 unspecified atom stereocenters. The monoisotopic (exact) mass is 572 g/mol. The zero-order valence-electron chi connectivity index (χ0n) is 19.6. The van der Waals surface area contributed by atoms with Crippen LogP contribution in [-0.4, -0.2) is 45.9 Å². The second-order valence-electron chi connectivity index (χ2n) is 7.79. The van der Waals surface area contributed by atoms with E-state index in [1.807, 2.05) is 31.2 Å². The maximum Gasteiger partial charge on any atom is 0.262 e. The standard InChI is InChI=1S/C25H25BrN4O5S/c1-18-7-11-20(12-8-18)28-25(32)17-35-21-13-9-19(10-14-21)15-27-29-24(31)16-30(36(2,33)34)23-6-4-3-5-22(23)26/h3-15H,16-17H2,1-2H3,(H,28,32)(H,29,31)/b27-15+. The summed E-state index contributed by atoms with van der Waals surface area (Å²) in [5.74, 6) is -0.391. The van der Waals surface area contributed by atoms with E-state index in [4.69, 9.17) is 4.74 Å². The molecule has 0 aliphatic rings. The Bertz CT molecular complexity index is 1340. The van der Waals surface area contributed by atoms with Gasteiger partial charge in [0.1, 0.15) is 12.3 Å². The number of anilines is 2. The molecule has 0 radical (unpaired) electrons. The fourth-order valence-electron chi connectivity index (χ4n) is 3.01.